The number of hydrogen-bond donors (Lipinski definition) is 0. The summed E-state index contributed by atoms with van der Waals surface area (Å²) in [7, 11) is 0. The minimum atomic E-state index is 0.673. The Morgan fingerprint density at radius 3 is 2.86 bits per heavy atom. The zero-order chi connectivity index (χ0) is 10.6. The molecule has 0 N–H and O–H groups in total. The van der Waals surface area contributed by atoms with E-state index in [1.807, 2.05) is 6.92 Å². The smallest absolute Gasteiger partial charge is 0.100 e. The van der Waals surface area contributed by atoms with Crippen LogP contribution in [0, 0.1) is 5.92 Å². The van der Waals surface area contributed by atoms with Crippen LogP contribution in [-0.2, 0) is 4.74 Å². The van der Waals surface area contributed by atoms with Crippen LogP contribution in [0.3, 0.4) is 0 Å². The molecular formula is C13H20O. The second-order valence-electron chi connectivity index (χ2n) is 3.94. The zero-order valence-corrected chi connectivity index (χ0v) is 9.47. The normalized spacial score (nSPS) is 24.2. The molecule has 0 amide bonds. The summed E-state index contributed by atoms with van der Waals surface area (Å²) in [6, 6.07) is 0. The highest BCUT2D eigenvalue weighted by atomic mass is 16.5. The fourth-order valence-electron chi connectivity index (χ4n) is 1.98. The standard InChI is InChI=1S/C10H14O.C3H6/c1-7-5-8(2)9-3-4-11-10(9)6-7;1-3-2/h5,7H,3-4,6H2,1-2H3;3H,1H2,2H3. The first-order valence-electron chi connectivity index (χ1n) is 5.29. The highest BCUT2D eigenvalue weighted by molar-refractivity contribution is 5.37. The third kappa shape index (κ3) is 2.50. The molecule has 0 saturated heterocycles. The van der Waals surface area contributed by atoms with Crippen LogP contribution >= 0.6 is 0 Å². The highest BCUT2D eigenvalue weighted by Gasteiger charge is 2.22. The summed E-state index contributed by atoms with van der Waals surface area (Å²) in [5.74, 6) is 1.93. The second-order valence-corrected chi connectivity index (χ2v) is 3.94. The summed E-state index contributed by atoms with van der Waals surface area (Å²) < 4.78 is 5.54. The average molecular weight is 192 g/mol. The van der Waals surface area contributed by atoms with Gasteiger partial charge < -0.3 is 4.74 Å². The lowest BCUT2D eigenvalue weighted by atomic mass is 9.91. The predicted molar refractivity (Wildman–Crippen MR) is 61.0 cm³/mol. The van der Waals surface area contributed by atoms with Crippen LogP contribution in [0.25, 0.3) is 0 Å². The maximum Gasteiger partial charge on any atom is 0.100 e. The van der Waals surface area contributed by atoms with Crippen molar-refractivity contribution in [1.29, 1.82) is 0 Å². The number of hydrogen-bond acceptors (Lipinski definition) is 1. The Morgan fingerprint density at radius 2 is 2.21 bits per heavy atom. The van der Waals surface area contributed by atoms with Gasteiger partial charge in [-0.1, -0.05) is 19.1 Å². The molecule has 2 aliphatic rings. The highest BCUT2D eigenvalue weighted by Crippen LogP contribution is 2.35. The minimum absolute atomic E-state index is 0.673. The number of ether oxygens (including phenoxy) is 1. The summed E-state index contributed by atoms with van der Waals surface area (Å²) in [5, 5.41) is 0. The molecule has 0 spiro atoms. The van der Waals surface area contributed by atoms with Gasteiger partial charge in [0.2, 0.25) is 0 Å². The summed E-state index contributed by atoms with van der Waals surface area (Å²) >= 11 is 0. The lowest BCUT2D eigenvalue weighted by molar-refractivity contribution is 0.228. The van der Waals surface area contributed by atoms with Crippen LogP contribution in [0.4, 0.5) is 0 Å². The SMILES string of the molecule is C=CC.CC1=CC(C)CC2=C1CCO2. The molecule has 1 heterocycles. The van der Waals surface area contributed by atoms with Crippen LogP contribution in [0.15, 0.2) is 35.6 Å². The lowest BCUT2D eigenvalue weighted by Crippen LogP contribution is -2.02. The van der Waals surface area contributed by atoms with Crippen molar-refractivity contribution in [2.75, 3.05) is 6.61 Å². The first-order valence-corrected chi connectivity index (χ1v) is 5.29. The Bertz CT molecular complexity index is 271. The van der Waals surface area contributed by atoms with Gasteiger partial charge in [-0.3, -0.25) is 0 Å². The molecule has 0 aromatic heterocycles. The average Bonchev–Trinajstić information content (AvgIpc) is 2.53. The molecule has 78 valence electrons. The molecule has 1 unspecified atom stereocenters. The van der Waals surface area contributed by atoms with Crippen LogP contribution in [0.2, 0.25) is 0 Å². The molecule has 1 aliphatic carbocycles. The monoisotopic (exact) mass is 192 g/mol. The molecule has 1 nitrogen and oxygen atoms in total. The molecule has 0 aromatic carbocycles. The van der Waals surface area contributed by atoms with Gasteiger partial charge in [0.15, 0.2) is 0 Å². The van der Waals surface area contributed by atoms with Crippen LogP contribution in [0.1, 0.15) is 33.6 Å². The van der Waals surface area contributed by atoms with Gasteiger partial charge in [-0.25, -0.2) is 0 Å². The molecule has 2 rings (SSSR count). The molecule has 0 saturated carbocycles. The van der Waals surface area contributed by atoms with E-state index in [-0.39, 0.29) is 0 Å². The molecule has 14 heavy (non-hydrogen) atoms. The van der Waals surface area contributed by atoms with Crippen LogP contribution < -0.4 is 0 Å². The lowest BCUT2D eigenvalue weighted by Gasteiger charge is -2.16. The van der Waals surface area contributed by atoms with Crippen molar-refractivity contribution in [3.63, 3.8) is 0 Å². The van der Waals surface area contributed by atoms with E-state index in [0.717, 1.165) is 19.4 Å². The van der Waals surface area contributed by atoms with Crippen molar-refractivity contribution < 1.29 is 4.74 Å². The third-order valence-electron chi connectivity index (χ3n) is 2.48. The van der Waals surface area contributed by atoms with Gasteiger partial charge in [0.1, 0.15) is 5.76 Å². The fourth-order valence-corrected chi connectivity index (χ4v) is 1.98. The molecule has 1 heteroatoms. The Kier molecular flexibility index (Phi) is 3.99. The van der Waals surface area contributed by atoms with Gasteiger partial charge in [0, 0.05) is 12.8 Å². The Labute approximate surface area is 87.2 Å². The molecule has 1 atom stereocenters. The minimum Gasteiger partial charge on any atom is -0.497 e. The Morgan fingerprint density at radius 1 is 1.57 bits per heavy atom. The van der Waals surface area contributed by atoms with E-state index in [9.17, 15) is 0 Å². The molecule has 0 bridgehead atoms. The maximum absolute atomic E-state index is 5.54. The molecular weight excluding hydrogens is 172 g/mol. The van der Waals surface area contributed by atoms with Gasteiger partial charge in [-0.05, 0) is 30.9 Å². The first kappa shape index (κ1) is 11.1. The van der Waals surface area contributed by atoms with Crippen molar-refractivity contribution in [1.82, 2.24) is 0 Å². The van der Waals surface area contributed by atoms with Crippen LogP contribution in [-0.4, -0.2) is 6.61 Å². The predicted octanol–water partition coefficient (Wildman–Crippen LogP) is 3.84. The Balaban J connectivity index is 0.000000293. The van der Waals surface area contributed by atoms with Crippen molar-refractivity contribution in [2.24, 2.45) is 5.92 Å². The maximum atomic E-state index is 5.54. The van der Waals surface area contributed by atoms with E-state index in [1.54, 1.807) is 6.08 Å². The second kappa shape index (κ2) is 5.04. The zero-order valence-electron chi connectivity index (χ0n) is 9.47. The summed E-state index contributed by atoms with van der Waals surface area (Å²) in [5.41, 5.74) is 2.92. The van der Waals surface area contributed by atoms with Crippen molar-refractivity contribution in [3.05, 3.63) is 35.6 Å². The first-order chi connectivity index (χ1) is 6.69. The molecule has 0 radical (unpaired) electrons. The van der Waals surface area contributed by atoms with Gasteiger partial charge in [-0.15, -0.1) is 6.58 Å². The summed E-state index contributed by atoms with van der Waals surface area (Å²) in [6.45, 7) is 10.6. The van der Waals surface area contributed by atoms with E-state index in [0.29, 0.717) is 5.92 Å². The van der Waals surface area contributed by atoms with E-state index in [4.69, 9.17) is 4.74 Å². The number of rotatable bonds is 0. The molecule has 1 aliphatic heterocycles. The largest absolute Gasteiger partial charge is 0.497 e. The molecule has 0 fully saturated rings. The van der Waals surface area contributed by atoms with Crippen molar-refractivity contribution >= 4 is 0 Å². The fraction of sp³-hybridized carbons (Fsp3) is 0.538. The number of allylic oxidation sites excluding steroid dienone is 4. The van der Waals surface area contributed by atoms with Crippen LogP contribution in [0.5, 0.6) is 0 Å². The molecule has 0 aromatic rings. The van der Waals surface area contributed by atoms with E-state index in [2.05, 4.69) is 26.5 Å². The van der Waals surface area contributed by atoms with E-state index in [1.165, 1.54) is 16.9 Å². The van der Waals surface area contributed by atoms with Gasteiger partial charge >= 0.3 is 0 Å². The third-order valence-corrected chi connectivity index (χ3v) is 2.48. The van der Waals surface area contributed by atoms with Gasteiger partial charge in [-0.2, -0.15) is 0 Å². The Hall–Kier alpha value is -0.980. The van der Waals surface area contributed by atoms with Gasteiger partial charge in [0.25, 0.3) is 0 Å². The topological polar surface area (TPSA) is 9.23 Å². The summed E-state index contributed by atoms with van der Waals surface area (Å²) in [6.07, 6.45) is 6.35. The van der Waals surface area contributed by atoms with Gasteiger partial charge in [0.05, 0.1) is 6.61 Å². The summed E-state index contributed by atoms with van der Waals surface area (Å²) in [4.78, 5) is 0. The van der Waals surface area contributed by atoms with Crippen molar-refractivity contribution in [3.8, 4) is 0 Å². The van der Waals surface area contributed by atoms with E-state index >= 15 is 0 Å². The quantitative estimate of drug-likeness (QED) is 0.530. The van der Waals surface area contributed by atoms with E-state index < -0.39 is 0 Å². The van der Waals surface area contributed by atoms with Crippen molar-refractivity contribution in [2.45, 2.75) is 33.6 Å².